The Bertz CT molecular complexity index is 720. The van der Waals surface area contributed by atoms with Crippen LogP contribution in [0.1, 0.15) is 6.92 Å². The van der Waals surface area contributed by atoms with E-state index in [9.17, 15) is 9.59 Å². The maximum absolute atomic E-state index is 11.6. The molecular weight excluding hydrogens is 292 g/mol. The van der Waals surface area contributed by atoms with Gasteiger partial charge in [0.1, 0.15) is 12.3 Å². The third kappa shape index (κ3) is 3.67. The molecule has 0 saturated carbocycles. The molecule has 0 bridgehead atoms. The van der Waals surface area contributed by atoms with Crippen molar-refractivity contribution in [2.75, 3.05) is 18.5 Å². The van der Waals surface area contributed by atoms with E-state index in [0.717, 1.165) is 10.4 Å². The van der Waals surface area contributed by atoms with Crippen molar-refractivity contribution in [3.8, 4) is 11.8 Å². The molecule has 0 aliphatic carbocycles. The number of carbonyl (C=O) groups is 2. The average molecular weight is 304 g/mol. The van der Waals surface area contributed by atoms with Crippen molar-refractivity contribution in [1.29, 1.82) is 5.26 Å². The quantitative estimate of drug-likeness (QED) is 0.654. The number of carbonyl (C=O) groups excluding carboxylic acids is 2. The molecule has 1 aromatic heterocycles. The molecule has 0 fully saturated rings. The van der Waals surface area contributed by atoms with Gasteiger partial charge in [0.05, 0.1) is 22.9 Å². The van der Waals surface area contributed by atoms with Gasteiger partial charge >= 0.3 is 11.8 Å². The molecule has 2 rings (SSSR count). The summed E-state index contributed by atoms with van der Waals surface area (Å²) in [5.74, 6) is -1.00. The molecule has 0 radical (unpaired) electrons. The number of rotatable bonds is 4. The lowest BCUT2D eigenvalue weighted by atomic mass is 10.3. The summed E-state index contributed by atoms with van der Waals surface area (Å²) >= 11 is 1.24. The molecule has 0 unspecified atom stereocenters. The molecule has 2 amide bonds. The highest BCUT2D eigenvalue weighted by Gasteiger charge is 2.15. The maximum atomic E-state index is 11.6. The van der Waals surface area contributed by atoms with Gasteiger partial charge < -0.3 is 10.1 Å². The Hall–Kier alpha value is -2.66. The fraction of sp³-hybridized carbons (Fsp3) is 0.231. The SMILES string of the molecule is CCOc1ccc2nc(NC(=O)C(=O)NCC#N)sc2c1. The predicted molar refractivity (Wildman–Crippen MR) is 78.0 cm³/mol. The van der Waals surface area contributed by atoms with Crippen molar-refractivity contribution >= 4 is 38.5 Å². The first-order chi connectivity index (χ1) is 10.1. The summed E-state index contributed by atoms with van der Waals surface area (Å²) in [5, 5.41) is 13.2. The van der Waals surface area contributed by atoms with Gasteiger partial charge in [0.15, 0.2) is 5.13 Å². The largest absolute Gasteiger partial charge is 0.494 e. The smallest absolute Gasteiger partial charge is 0.315 e. The van der Waals surface area contributed by atoms with Crippen LogP contribution in [0, 0.1) is 11.3 Å². The first kappa shape index (κ1) is 14.7. The Labute approximate surface area is 124 Å². The lowest BCUT2D eigenvalue weighted by molar-refractivity contribution is -0.136. The molecule has 21 heavy (non-hydrogen) atoms. The second-order valence-electron chi connectivity index (χ2n) is 3.88. The zero-order valence-corrected chi connectivity index (χ0v) is 12.0. The molecule has 0 aliphatic rings. The molecule has 108 valence electrons. The minimum Gasteiger partial charge on any atom is -0.494 e. The highest BCUT2D eigenvalue weighted by Crippen LogP contribution is 2.29. The topological polar surface area (TPSA) is 104 Å². The van der Waals surface area contributed by atoms with Gasteiger partial charge in [-0.1, -0.05) is 11.3 Å². The first-order valence-electron chi connectivity index (χ1n) is 6.13. The molecule has 0 spiro atoms. The molecule has 1 aromatic carbocycles. The molecule has 0 saturated heterocycles. The van der Waals surface area contributed by atoms with Crippen LogP contribution in [0.5, 0.6) is 5.75 Å². The normalized spacial score (nSPS) is 9.90. The number of fused-ring (bicyclic) bond motifs is 1. The zero-order valence-electron chi connectivity index (χ0n) is 11.2. The second kappa shape index (κ2) is 6.67. The molecule has 7 nitrogen and oxygen atoms in total. The average Bonchev–Trinajstić information content (AvgIpc) is 2.86. The molecule has 0 aliphatic heterocycles. The molecular formula is C13H12N4O3S. The minimum absolute atomic E-state index is 0.218. The third-order valence-electron chi connectivity index (χ3n) is 2.43. The Balaban J connectivity index is 2.10. The van der Waals surface area contributed by atoms with Crippen molar-refractivity contribution in [2.45, 2.75) is 6.92 Å². The van der Waals surface area contributed by atoms with Gasteiger partial charge in [-0.15, -0.1) is 0 Å². The van der Waals surface area contributed by atoms with Crippen molar-refractivity contribution in [3.05, 3.63) is 18.2 Å². The van der Waals surface area contributed by atoms with Crippen LogP contribution in [-0.2, 0) is 9.59 Å². The number of aromatic nitrogens is 1. The summed E-state index contributed by atoms with van der Waals surface area (Å²) in [5.41, 5.74) is 0.705. The van der Waals surface area contributed by atoms with Crippen LogP contribution in [0.15, 0.2) is 18.2 Å². The minimum atomic E-state index is -0.870. The van der Waals surface area contributed by atoms with Gasteiger partial charge in [-0.05, 0) is 25.1 Å². The van der Waals surface area contributed by atoms with E-state index < -0.39 is 11.8 Å². The first-order valence-corrected chi connectivity index (χ1v) is 6.95. The van der Waals surface area contributed by atoms with Crippen LogP contribution in [0.3, 0.4) is 0 Å². The van der Waals surface area contributed by atoms with E-state index in [1.165, 1.54) is 11.3 Å². The Morgan fingerprint density at radius 3 is 2.95 bits per heavy atom. The van der Waals surface area contributed by atoms with Crippen molar-refractivity contribution in [1.82, 2.24) is 10.3 Å². The van der Waals surface area contributed by atoms with Gasteiger partial charge in [0.25, 0.3) is 0 Å². The van der Waals surface area contributed by atoms with Crippen molar-refractivity contribution in [2.24, 2.45) is 0 Å². The van der Waals surface area contributed by atoms with Gasteiger partial charge in [0.2, 0.25) is 0 Å². The van der Waals surface area contributed by atoms with E-state index in [4.69, 9.17) is 10.00 Å². The molecule has 1 heterocycles. The number of ether oxygens (including phenoxy) is 1. The van der Waals surface area contributed by atoms with Gasteiger partial charge in [-0.25, -0.2) is 4.98 Å². The van der Waals surface area contributed by atoms with Crippen LogP contribution in [0.2, 0.25) is 0 Å². The number of nitrogens with zero attached hydrogens (tertiary/aromatic N) is 2. The van der Waals surface area contributed by atoms with E-state index in [2.05, 4.69) is 15.6 Å². The van der Waals surface area contributed by atoms with Gasteiger partial charge in [-0.3, -0.25) is 14.9 Å². The number of benzene rings is 1. The Morgan fingerprint density at radius 2 is 2.24 bits per heavy atom. The molecule has 0 atom stereocenters. The van der Waals surface area contributed by atoms with Crippen LogP contribution in [0.4, 0.5) is 5.13 Å². The molecule has 8 heteroatoms. The summed E-state index contributed by atoms with van der Waals surface area (Å²) in [6.45, 7) is 2.24. The standard InChI is InChI=1S/C13H12N4O3S/c1-2-20-8-3-4-9-10(7-8)21-13(16-9)17-12(19)11(18)15-6-5-14/h3-4,7H,2,6H2,1H3,(H,15,18)(H,16,17,19). The van der Waals surface area contributed by atoms with Crippen molar-refractivity contribution < 1.29 is 14.3 Å². The summed E-state index contributed by atoms with van der Waals surface area (Å²) in [6.07, 6.45) is 0. The number of nitriles is 1. The molecule has 2 aromatic rings. The van der Waals surface area contributed by atoms with E-state index in [1.807, 2.05) is 13.0 Å². The lowest BCUT2D eigenvalue weighted by Crippen LogP contribution is -2.35. The number of amides is 2. The summed E-state index contributed by atoms with van der Waals surface area (Å²) in [6, 6.07) is 7.11. The monoisotopic (exact) mass is 304 g/mol. The third-order valence-corrected chi connectivity index (χ3v) is 3.36. The number of hydrogen-bond donors (Lipinski definition) is 2. The van der Waals surface area contributed by atoms with E-state index in [1.54, 1.807) is 18.2 Å². The Morgan fingerprint density at radius 1 is 1.43 bits per heavy atom. The van der Waals surface area contributed by atoms with Crippen LogP contribution < -0.4 is 15.4 Å². The predicted octanol–water partition coefficient (Wildman–Crippen LogP) is 1.27. The van der Waals surface area contributed by atoms with E-state index in [0.29, 0.717) is 17.3 Å². The summed E-state index contributed by atoms with van der Waals surface area (Å²) in [4.78, 5) is 27.1. The maximum Gasteiger partial charge on any atom is 0.315 e. The lowest BCUT2D eigenvalue weighted by Gasteiger charge is -2.00. The zero-order chi connectivity index (χ0) is 15.2. The van der Waals surface area contributed by atoms with Crippen molar-refractivity contribution in [3.63, 3.8) is 0 Å². The summed E-state index contributed by atoms with van der Waals surface area (Å²) in [7, 11) is 0. The van der Waals surface area contributed by atoms with E-state index in [-0.39, 0.29) is 6.54 Å². The van der Waals surface area contributed by atoms with E-state index >= 15 is 0 Å². The van der Waals surface area contributed by atoms with Crippen LogP contribution in [0.25, 0.3) is 10.2 Å². The fourth-order valence-electron chi connectivity index (χ4n) is 1.57. The van der Waals surface area contributed by atoms with Gasteiger partial charge in [0, 0.05) is 0 Å². The highest BCUT2D eigenvalue weighted by atomic mass is 32.1. The molecule has 2 N–H and O–H groups in total. The summed E-state index contributed by atoms with van der Waals surface area (Å²) < 4.78 is 6.23. The Kier molecular flexibility index (Phi) is 4.68. The van der Waals surface area contributed by atoms with Crippen LogP contribution in [-0.4, -0.2) is 29.9 Å². The highest BCUT2D eigenvalue weighted by molar-refractivity contribution is 7.22. The van der Waals surface area contributed by atoms with Crippen LogP contribution >= 0.6 is 11.3 Å². The fourth-order valence-corrected chi connectivity index (χ4v) is 2.46. The number of hydrogen-bond acceptors (Lipinski definition) is 6. The second-order valence-corrected chi connectivity index (χ2v) is 4.91. The number of nitrogens with one attached hydrogen (secondary N) is 2. The number of thiazole rings is 1. The van der Waals surface area contributed by atoms with Gasteiger partial charge in [-0.2, -0.15) is 5.26 Å². The number of anilines is 1.